The Morgan fingerprint density at radius 3 is 2.40 bits per heavy atom. The number of anilines is 1. The molecule has 1 aliphatic rings. The summed E-state index contributed by atoms with van der Waals surface area (Å²) in [4.78, 5) is 37.5. The number of para-hydroxylation sites is 1. The maximum atomic E-state index is 13.2. The van der Waals surface area contributed by atoms with E-state index in [4.69, 9.17) is 9.47 Å². The zero-order chi connectivity index (χ0) is 30.3. The van der Waals surface area contributed by atoms with Crippen LogP contribution >= 0.6 is 0 Å². The van der Waals surface area contributed by atoms with Crippen molar-refractivity contribution < 1.29 is 42.1 Å². The lowest BCUT2D eigenvalue weighted by molar-refractivity contribution is -0.167. The molecule has 10 nitrogen and oxygen atoms in total. The Kier molecular flexibility index (Phi) is 10.8. The number of carbonyl (C=O) groups is 3. The summed E-state index contributed by atoms with van der Waals surface area (Å²) in [5.41, 5.74) is -1.10. The molecule has 0 aliphatic carbocycles. The molecule has 0 spiro atoms. The van der Waals surface area contributed by atoms with Gasteiger partial charge < -0.3 is 30.1 Å². The van der Waals surface area contributed by atoms with Gasteiger partial charge in [-0.15, -0.1) is 0 Å². The Balaban J connectivity index is 2.75. The number of hydrogen-bond acceptors (Lipinski definition) is 7. The summed E-state index contributed by atoms with van der Waals surface area (Å²) in [6.45, 7) is 10.1. The first kappa shape index (κ1) is 32.7. The number of ether oxygens (including phenoxy) is 2. The number of nitrogens with zero attached hydrogens (tertiary/aromatic N) is 1. The van der Waals surface area contributed by atoms with Gasteiger partial charge in [0.1, 0.15) is 12.6 Å². The highest BCUT2D eigenvalue weighted by atomic mass is 28.3. The molecule has 2 atom stereocenters. The normalized spacial score (nSPS) is 18.5. The number of alkyl carbamates (subject to hydrolysis) is 1. The number of rotatable bonds is 12. The van der Waals surface area contributed by atoms with Crippen molar-refractivity contribution in [2.24, 2.45) is 5.92 Å². The number of amides is 2. The Morgan fingerprint density at radius 1 is 1.20 bits per heavy atom. The minimum absolute atomic E-state index is 0.0792. The first-order valence-electron chi connectivity index (χ1n) is 12.7. The maximum absolute atomic E-state index is 13.2. The van der Waals surface area contributed by atoms with E-state index < -0.39 is 43.8 Å². The molecule has 0 radical (unpaired) electrons. The number of benzene rings is 1. The molecule has 2 amide bonds. The second kappa shape index (κ2) is 13.2. The van der Waals surface area contributed by atoms with Crippen LogP contribution in [0.25, 0.3) is 0 Å². The van der Waals surface area contributed by atoms with Crippen molar-refractivity contribution in [3.8, 4) is 0 Å². The van der Waals surface area contributed by atoms with Gasteiger partial charge in [0, 0.05) is 32.1 Å². The summed E-state index contributed by atoms with van der Waals surface area (Å²) in [7, 11) is -0.291. The molecule has 1 aromatic carbocycles. The quantitative estimate of drug-likeness (QED) is 0.157. The molecule has 222 valence electrons. The minimum atomic E-state index is -5.15. The highest BCUT2D eigenvalue weighted by Crippen LogP contribution is 2.43. The van der Waals surface area contributed by atoms with E-state index >= 15 is 0 Å². The minimum Gasteiger partial charge on any atom is -0.481 e. The molecule has 1 aromatic rings. The SMILES string of the molecule is CCC(=CC(C)C(=O)O)C1(c2ccccc2NC(=O)C(F)(F)F)NC(NC(=O)OC)=CN1COCC[Si](C)(C)C. The van der Waals surface area contributed by atoms with E-state index in [1.54, 1.807) is 17.9 Å². The third kappa shape index (κ3) is 8.24. The van der Waals surface area contributed by atoms with Crippen molar-refractivity contribution in [3.05, 3.63) is 53.5 Å². The second-order valence-corrected chi connectivity index (χ2v) is 16.1. The summed E-state index contributed by atoms with van der Waals surface area (Å²) in [5, 5.41) is 17.3. The molecule has 0 aromatic heterocycles. The highest BCUT2D eigenvalue weighted by Gasteiger charge is 2.48. The third-order valence-corrected chi connectivity index (χ3v) is 7.89. The van der Waals surface area contributed by atoms with Crippen LogP contribution in [0.2, 0.25) is 25.7 Å². The molecule has 0 saturated carbocycles. The molecular weight excluding hydrogens is 549 g/mol. The fourth-order valence-corrected chi connectivity index (χ4v) is 4.84. The van der Waals surface area contributed by atoms with E-state index in [2.05, 4.69) is 30.3 Å². The number of carboxylic acids is 1. The Bertz CT molecular complexity index is 1150. The number of hydrogen-bond donors (Lipinski definition) is 4. The van der Waals surface area contributed by atoms with Gasteiger partial charge in [0.05, 0.1) is 13.0 Å². The maximum Gasteiger partial charge on any atom is 0.471 e. The lowest BCUT2D eigenvalue weighted by atomic mass is 9.85. The topological polar surface area (TPSA) is 129 Å². The van der Waals surface area contributed by atoms with E-state index in [0.29, 0.717) is 12.2 Å². The van der Waals surface area contributed by atoms with Crippen LogP contribution < -0.4 is 16.0 Å². The van der Waals surface area contributed by atoms with E-state index in [0.717, 1.165) is 6.04 Å². The molecular formula is C26H37F3N4O6Si. The molecule has 0 fully saturated rings. The third-order valence-electron chi connectivity index (χ3n) is 6.19. The lowest BCUT2D eigenvalue weighted by Crippen LogP contribution is -2.53. The summed E-state index contributed by atoms with van der Waals surface area (Å²) < 4.78 is 50.4. The van der Waals surface area contributed by atoms with Crippen LogP contribution in [-0.4, -0.2) is 62.7 Å². The number of nitrogens with one attached hydrogen (secondary N) is 3. The summed E-state index contributed by atoms with van der Waals surface area (Å²) in [6, 6.07) is 6.70. The van der Waals surface area contributed by atoms with Crippen LogP contribution in [0, 0.1) is 5.92 Å². The largest absolute Gasteiger partial charge is 0.481 e. The van der Waals surface area contributed by atoms with Gasteiger partial charge in [-0.25, -0.2) is 4.79 Å². The predicted octanol–water partition coefficient (Wildman–Crippen LogP) is 4.77. The van der Waals surface area contributed by atoms with Crippen LogP contribution in [0.1, 0.15) is 25.8 Å². The van der Waals surface area contributed by atoms with Crippen molar-refractivity contribution in [2.75, 3.05) is 25.8 Å². The second-order valence-electron chi connectivity index (χ2n) is 10.5. The van der Waals surface area contributed by atoms with Gasteiger partial charge in [-0.2, -0.15) is 13.2 Å². The molecule has 14 heteroatoms. The number of methoxy groups -OCH3 is 1. The Hall–Kier alpha value is -3.52. The molecule has 1 heterocycles. The standard InChI is InChI=1S/C26H37F3N4O6Si/c1-7-18(14-17(2)22(34)35)25(19-10-8-9-11-20(19)30-23(36)26(27,28)29)32-21(31-24(37)38-3)15-33(25)16-39-12-13-40(4,5)6/h8-11,14-15,17,32H,7,12-13,16H2,1-6H3,(H,30,36)(H,31,37)(H,34,35). The van der Waals surface area contributed by atoms with Gasteiger partial charge in [-0.05, 0) is 31.0 Å². The van der Waals surface area contributed by atoms with Crippen molar-refractivity contribution in [2.45, 2.75) is 57.8 Å². The first-order valence-corrected chi connectivity index (χ1v) is 16.4. The molecule has 2 unspecified atom stereocenters. The zero-order valence-electron chi connectivity index (χ0n) is 23.4. The number of aliphatic carboxylic acids is 1. The highest BCUT2D eigenvalue weighted by molar-refractivity contribution is 6.76. The number of carbonyl (C=O) groups excluding carboxylic acids is 2. The van der Waals surface area contributed by atoms with Crippen LogP contribution in [-0.2, 0) is 24.7 Å². The molecule has 0 saturated heterocycles. The van der Waals surface area contributed by atoms with E-state index in [9.17, 15) is 32.7 Å². The summed E-state index contributed by atoms with van der Waals surface area (Å²) in [6.07, 6.45) is -2.73. The number of halogens is 3. The molecule has 2 rings (SSSR count). The number of alkyl halides is 3. The van der Waals surface area contributed by atoms with Gasteiger partial charge in [-0.3, -0.25) is 14.9 Å². The monoisotopic (exact) mass is 586 g/mol. The number of carboxylic acid groups (broad SMARTS) is 1. The molecule has 40 heavy (non-hydrogen) atoms. The summed E-state index contributed by atoms with van der Waals surface area (Å²) in [5.74, 6) is -4.14. The fourth-order valence-electron chi connectivity index (χ4n) is 4.08. The van der Waals surface area contributed by atoms with Gasteiger partial charge in [0.2, 0.25) is 0 Å². The van der Waals surface area contributed by atoms with Crippen molar-refractivity contribution in [1.82, 2.24) is 15.5 Å². The molecule has 1 aliphatic heterocycles. The molecule has 4 N–H and O–H groups in total. The van der Waals surface area contributed by atoms with E-state index in [-0.39, 0.29) is 30.2 Å². The van der Waals surface area contributed by atoms with Crippen molar-refractivity contribution in [3.63, 3.8) is 0 Å². The van der Waals surface area contributed by atoms with E-state index in [1.165, 1.54) is 44.5 Å². The van der Waals surface area contributed by atoms with Gasteiger partial charge in [0.25, 0.3) is 0 Å². The van der Waals surface area contributed by atoms with Crippen LogP contribution in [0.4, 0.5) is 23.7 Å². The van der Waals surface area contributed by atoms with Crippen molar-refractivity contribution in [1.29, 1.82) is 0 Å². The summed E-state index contributed by atoms with van der Waals surface area (Å²) >= 11 is 0. The Labute approximate surface area is 232 Å². The predicted molar refractivity (Wildman–Crippen MR) is 146 cm³/mol. The van der Waals surface area contributed by atoms with Gasteiger partial charge in [-0.1, -0.05) is 50.8 Å². The average molecular weight is 587 g/mol. The van der Waals surface area contributed by atoms with Crippen LogP contribution in [0.3, 0.4) is 0 Å². The average Bonchev–Trinajstić information content (AvgIpc) is 3.22. The first-order chi connectivity index (χ1) is 18.5. The van der Waals surface area contributed by atoms with Crippen LogP contribution in [0.15, 0.2) is 47.9 Å². The smallest absolute Gasteiger partial charge is 0.471 e. The van der Waals surface area contributed by atoms with Gasteiger partial charge in [0.15, 0.2) is 5.66 Å². The van der Waals surface area contributed by atoms with Gasteiger partial charge >= 0.3 is 24.1 Å². The van der Waals surface area contributed by atoms with E-state index in [1.807, 2.05) is 5.32 Å². The zero-order valence-corrected chi connectivity index (χ0v) is 24.4. The lowest BCUT2D eigenvalue weighted by Gasteiger charge is -2.43. The molecule has 0 bridgehead atoms. The van der Waals surface area contributed by atoms with Crippen LogP contribution in [0.5, 0.6) is 0 Å². The fraction of sp³-hybridized carbons (Fsp3) is 0.500. The van der Waals surface area contributed by atoms with Crippen molar-refractivity contribution >= 4 is 31.7 Å². The Morgan fingerprint density at radius 2 is 1.85 bits per heavy atom.